The average molecular weight is 342 g/mol. The fourth-order valence-electron chi connectivity index (χ4n) is 1.73. The number of aromatic nitrogens is 1. The number of pyridine rings is 1. The van der Waals surface area contributed by atoms with Crippen LogP contribution in [0.5, 0.6) is 0 Å². The Kier molecular flexibility index (Phi) is 18.0. The molecule has 2 rings (SSSR count). The van der Waals surface area contributed by atoms with E-state index in [1.54, 1.807) is 26.5 Å². The molecule has 0 radical (unpaired) electrons. The molecule has 1 heterocycles. The van der Waals surface area contributed by atoms with E-state index in [0.29, 0.717) is 5.92 Å². The van der Waals surface area contributed by atoms with Gasteiger partial charge >= 0.3 is 0 Å². The second-order valence-corrected chi connectivity index (χ2v) is 4.85. The maximum Gasteiger partial charge on any atom is 0.0807 e. The summed E-state index contributed by atoms with van der Waals surface area (Å²) in [6.07, 6.45) is 5.35. The SMILES string of the molecule is CC.CC.CN=Cc1cccc(C(C)C)c1.CN=Cc1ccccn1. The second kappa shape index (κ2) is 18.1. The van der Waals surface area contributed by atoms with E-state index >= 15 is 0 Å². The molecule has 0 amide bonds. The van der Waals surface area contributed by atoms with Crippen LogP contribution >= 0.6 is 0 Å². The highest BCUT2D eigenvalue weighted by Gasteiger charge is 1.97. The average Bonchev–Trinajstić information content (AvgIpc) is 2.67. The maximum atomic E-state index is 4.02. The zero-order valence-corrected chi connectivity index (χ0v) is 17.2. The van der Waals surface area contributed by atoms with Crippen LogP contribution in [-0.2, 0) is 0 Å². The van der Waals surface area contributed by atoms with Crippen molar-refractivity contribution < 1.29 is 0 Å². The quantitative estimate of drug-likeness (QED) is 0.627. The van der Waals surface area contributed by atoms with E-state index in [-0.39, 0.29) is 0 Å². The Hall–Kier alpha value is -2.29. The van der Waals surface area contributed by atoms with Crippen molar-refractivity contribution >= 4 is 12.4 Å². The van der Waals surface area contributed by atoms with Crippen LogP contribution in [0, 0.1) is 0 Å². The van der Waals surface area contributed by atoms with Gasteiger partial charge in [0.15, 0.2) is 0 Å². The summed E-state index contributed by atoms with van der Waals surface area (Å²) in [5, 5.41) is 0. The first-order valence-electron chi connectivity index (χ1n) is 9.02. The van der Waals surface area contributed by atoms with Gasteiger partial charge in [0.25, 0.3) is 0 Å². The highest BCUT2D eigenvalue weighted by Crippen LogP contribution is 2.14. The fourth-order valence-corrected chi connectivity index (χ4v) is 1.73. The number of hydrogen-bond acceptors (Lipinski definition) is 3. The molecule has 2 aromatic rings. The Morgan fingerprint density at radius 3 is 1.96 bits per heavy atom. The van der Waals surface area contributed by atoms with Crippen molar-refractivity contribution in [3.8, 4) is 0 Å². The Balaban J connectivity index is 0. The van der Waals surface area contributed by atoms with Crippen LogP contribution in [0.2, 0.25) is 0 Å². The normalized spacial score (nSPS) is 9.64. The van der Waals surface area contributed by atoms with Crippen molar-refractivity contribution in [3.05, 3.63) is 65.5 Å². The highest BCUT2D eigenvalue weighted by molar-refractivity contribution is 5.79. The van der Waals surface area contributed by atoms with E-state index in [4.69, 9.17) is 0 Å². The predicted octanol–water partition coefficient (Wildman–Crippen LogP) is 6.04. The van der Waals surface area contributed by atoms with E-state index in [1.165, 1.54) is 11.1 Å². The van der Waals surface area contributed by atoms with E-state index < -0.39 is 0 Å². The maximum absolute atomic E-state index is 4.02. The molecule has 3 heteroatoms. The molecule has 0 aliphatic rings. The number of benzene rings is 1. The molecule has 0 saturated heterocycles. The van der Waals surface area contributed by atoms with Crippen LogP contribution in [0.3, 0.4) is 0 Å². The number of hydrogen-bond donors (Lipinski definition) is 0. The lowest BCUT2D eigenvalue weighted by Gasteiger charge is -2.04. The lowest BCUT2D eigenvalue weighted by Crippen LogP contribution is -1.89. The van der Waals surface area contributed by atoms with Gasteiger partial charge in [-0.05, 0) is 35.2 Å². The van der Waals surface area contributed by atoms with Crippen molar-refractivity contribution in [2.75, 3.05) is 14.1 Å². The van der Waals surface area contributed by atoms with Crippen LogP contribution in [0.1, 0.15) is 64.3 Å². The van der Waals surface area contributed by atoms with E-state index in [1.807, 2.05) is 52.1 Å². The van der Waals surface area contributed by atoms with Crippen molar-refractivity contribution in [2.24, 2.45) is 9.98 Å². The van der Waals surface area contributed by atoms with E-state index in [9.17, 15) is 0 Å². The lowest BCUT2D eigenvalue weighted by atomic mass is 10.0. The molecule has 0 atom stereocenters. The molecule has 0 saturated carbocycles. The molecule has 0 fully saturated rings. The third-order valence-electron chi connectivity index (χ3n) is 2.80. The summed E-state index contributed by atoms with van der Waals surface area (Å²) in [6, 6.07) is 14.2. The minimum atomic E-state index is 0.593. The van der Waals surface area contributed by atoms with Crippen molar-refractivity contribution in [2.45, 2.75) is 47.5 Å². The summed E-state index contributed by atoms with van der Waals surface area (Å²) >= 11 is 0. The first-order valence-corrected chi connectivity index (χ1v) is 9.02. The van der Waals surface area contributed by atoms with Gasteiger partial charge in [-0.15, -0.1) is 0 Å². The Bertz CT molecular complexity index is 573. The van der Waals surface area contributed by atoms with Gasteiger partial charge in [-0.25, -0.2) is 0 Å². The summed E-state index contributed by atoms with van der Waals surface area (Å²) in [6.45, 7) is 12.4. The molecular formula is C22H35N3. The van der Waals surface area contributed by atoms with Crippen LogP contribution < -0.4 is 0 Å². The second-order valence-electron chi connectivity index (χ2n) is 4.85. The van der Waals surface area contributed by atoms with Crippen molar-refractivity contribution in [1.82, 2.24) is 4.98 Å². The van der Waals surface area contributed by atoms with Gasteiger partial charge in [0.05, 0.1) is 5.69 Å². The molecule has 25 heavy (non-hydrogen) atoms. The van der Waals surface area contributed by atoms with Gasteiger partial charge in [0, 0.05) is 32.7 Å². The Morgan fingerprint density at radius 1 is 0.840 bits per heavy atom. The van der Waals surface area contributed by atoms with Gasteiger partial charge in [0.1, 0.15) is 0 Å². The third kappa shape index (κ3) is 12.8. The lowest BCUT2D eigenvalue weighted by molar-refractivity contribution is 0.866. The highest BCUT2D eigenvalue weighted by atomic mass is 14.7. The number of aliphatic imine (C=N–C) groups is 2. The predicted molar refractivity (Wildman–Crippen MR) is 115 cm³/mol. The van der Waals surface area contributed by atoms with Crippen molar-refractivity contribution in [3.63, 3.8) is 0 Å². The molecule has 0 unspecified atom stereocenters. The first-order chi connectivity index (χ1) is 12.2. The summed E-state index contributed by atoms with van der Waals surface area (Å²) in [7, 11) is 3.52. The minimum Gasteiger partial charge on any atom is -0.296 e. The van der Waals surface area contributed by atoms with Gasteiger partial charge in [-0.1, -0.05) is 65.8 Å². The molecular weight excluding hydrogens is 306 g/mol. The topological polar surface area (TPSA) is 37.6 Å². The summed E-state index contributed by atoms with van der Waals surface area (Å²) in [5.41, 5.74) is 3.45. The molecule has 1 aromatic heterocycles. The van der Waals surface area contributed by atoms with Gasteiger partial charge in [0.2, 0.25) is 0 Å². The molecule has 0 N–H and O–H groups in total. The van der Waals surface area contributed by atoms with Gasteiger partial charge in [-0.3, -0.25) is 15.0 Å². The zero-order valence-electron chi connectivity index (χ0n) is 17.2. The largest absolute Gasteiger partial charge is 0.296 e. The van der Waals surface area contributed by atoms with E-state index in [0.717, 1.165) is 5.69 Å². The summed E-state index contributed by atoms with van der Waals surface area (Å²) in [5.74, 6) is 0.593. The van der Waals surface area contributed by atoms with Crippen LogP contribution in [-0.4, -0.2) is 31.5 Å². The van der Waals surface area contributed by atoms with Crippen LogP contribution in [0.15, 0.2) is 58.6 Å². The third-order valence-corrected chi connectivity index (χ3v) is 2.80. The summed E-state index contributed by atoms with van der Waals surface area (Å²) in [4.78, 5) is 11.8. The van der Waals surface area contributed by atoms with Gasteiger partial charge in [-0.2, -0.15) is 0 Å². The van der Waals surface area contributed by atoms with E-state index in [2.05, 4.69) is 53.1 Å². The molecule has 3 nitrogen and oxygen atoms in total. The fraction of sp³-hybridized carbons (Fsp3) is 0.409. The minimum absolute atomic E-state index is 0.593. The Morgan fingerprint density at radius 2 is 1.48 bits per heavy atom. The standard InChI is InChI=1S/C11H15N.C7H8N2.2C2H6/c1-9(2)11-6-4-5-10(7-11)8-12-3;1-8-6-7-4-2-3-5-9-7;2*1-2/h4-9H,1-3H3;2-6H,1H3;2*1-2H3. The molecule has 0 aliphatic carbocycles. The van der Waals surface area contributed by atoms with Gasteiger partial charge < -0.3 is 0 Å². The molecule has 0 bridgehead atoms. The smallest absolute Gasteiger partial charge is 0.0807 e. The number of nitrogens with zero attached hydrogens (tertiary/aromatic N) is 3. The van der Waals surface area contributed by atoms with Crippen LogP contribution in [0.25, 0.3) is 0 Å². The zero-order chi connectivity index (χ0) is 19.5. The Labute approximate surface area is 155 Å². The van der Waals surface area contributed by atoms with Crippen LogP contribution in [0.4, 0.5) is 0 Å². The first kappa shape index (κ1) is 25.0. The molecule has 0 spiro atoms. The molecule has 1 aromatic carbocycles. The monoisotopic (exact) mass is 341 g/mol. The molecule has 0 aliphatic heterocycles. The molecule has 138 valence electrons. The summed E-state index contributed by atoms with van der Waals surface area (Å²) < 4.78 is 0. The number of rotatable bonds is 3. The van der Waals surface area contributed by atoms with Crippen molar-refractivity contribution in [1.29, 1.82) is 0 Å².